The van der Waals surface area contributed by atoms with Gasteiger partial charge in [-0.15, -0.1) is 0 Å². The molecule has 2 unspecified atom stereocenters. The van der Waals surface area contributed by atoms with Crippen LogP contribution >= 0.6 is 0 Å². The van der Waals surface area contributed by atoms with E-state index >= 15 is 0 Å². The van der Waals surface area contributed by atoms with Gasteiger partial charge in [0.15, 0.2) is 0 Å². The fourth-order valence-electron chi connectivity index (χ4n) is 2.56. The van der Waals surface area contributed by atoms with Gasteiger partial charge in [-0.1, -0.05) is 0 Å². The van der Waals surface area contributed by atoms with Gasteiger partial charge >= 0.3 is 6.09 Å². The Balaban J connectivity index is 2.36. The highest BCUT2D eigenvalue weighted by Gasteiger charge is 2.27. The number of carbonyl (C=O) groups excluding carboxylic acids is 1. The Morgan fingerprint density at radius 3 is 2.80 bits per heavy atom. The third-order valence-corrected chi connectivity index (χ3v) is 3.52. The molecule has 20 heavy (non-hydrogen) atoms. The van der Waals surface area contributed by atoms with E-state index in [1.54, 1.807) is 0 Å². The predicted octanol–water partition coefficient (Wildman–Crippen LogP) is 1.99. The SMILES string of the molecule is CNCC(O)CCC1CCCN(C(=O)OC(C)(C)C)C1. The number of aliphatic hydroxyl groups excluding tert-OH is 1. The zero-order chi connectivity index (χ0) is 15.2. The number of nitrogens with zero attached hydrogens (tertiary/aromatic N) is 1. The van der Waals surface area contributed by atoms with Gasteiger partial charge in [0.05, 0.1) is 6.10 Å². The molecule has 1 saturated heterocycles. The lowest BCUT2D eigenvalue weighted by atomic mass is 9.92. The first-order chi connectivity index (χ1) is 9.31. The summed E-state index contributed by atoms with van der Waals surface area (Å²) < 4.78 is 5.42. The van der Waals surface area contributed by atoms with E-state index in [1.165, 1.54) is 0 Å². The Hall–Kier alpha value is -0.810. The van der Waals surface area contributed by atoms with Crippen LogP contribution in [-0.2, 0) is 4.74 Å². The molecule has 0 bridgehead atoms. The lowest BCUT2D eigenvalue weighted by Crippen LogP contribution is -2.43. The van der Waals surface area contributed by atoms with Crippen molar-refractivity contribution in [2.24, 2.45) is 5.92 Å². The number of likely N-dealkylation sites (tertiary alicyclic amines) is 1. The largest absolute Gasteiger partial charge is 0.444 e. The van der Waals surface area contributed by atoms with Gasteiger partial charge < -0.3 is 20.1 Å². The molecule has 0 aliphatic carbocycles. The molecule has 1 heterocycles. The molecule has 2 N–H and O–H groups in total. The summed E-state index contributed by atoms with van der Waals surface area (Å²) in [6.45, 7) is 7.83. The van der Waals surface area contributed by atoms with Crippen LogP contribution in [0.25, 0.3) is 0 Å². The second-order valence-electron chi connectivity index (χ2n) is 6.72. The number of ether oxygens (including phenoxy) is 1. The van der Waals surface area contributed by atoms with Gasteiger partial charge in [-0.05, 0) is 59.4 Å². The highest BCUT2D eigenvalue weighted by atomic mass is 16.6. The van der Waals surface area contributed by atoms with Crippen LogP contribution in [0.15, 0.2) is 0 Å². The van der Waals surface area contributed by atoms with Crippen LogP contribution in [0.2, 0.25) is 0 Å². The summed E-state index contributed by atoms with van der Waals surface area (Å²) in [6, 6.07) is 0. The summed E-state index contributed by atoms with van der Waals surface area (Å²) in [4.78, 5) is 13.9. The van der Waals surface area contributed by atoms with Crippen LogP contribution in [0.5, 0.6) is 0 Å². The molecule has 1 aliphatic rings. The van der Waals surface area contributed by atoms with E-state index in [9.17, 15) is 9.90 Å². The Labute approximate surface area is 122 Å². The second-order valence-corrected chi connectivity index (χ2v) is 6.72. The number of carbonyl (C=O) groups is 1. The zero-order valence-electron chi connectivity index (χ0n) is 13.3. The summed E-state index contributed by atoms with van der Waals surface area (Å²) in [5.41, 5.74) is -0.437. The Bertz CT molecular complexity index is 302. The van der Waals surface area contributed by atoms with Crippen molar-refractivity contribution in [1.29, 1.82) is 0 Å². The number of hydrogen-bond donors (Lipinski definition) is 2. The van der Waals surface area contributed by atoms with Crippen LogP contribution in [0.3, 0.4) is 0 Å². The maximum atomic E-state index is 12.0. The summed E-state index contributed by atoms with van der Waals surface area (Å²) in [5.74, 6) is 0.475. The monoisotopic (exact) mass is 286 g/mol. The average molecular weight is 286 g/mol. The predicted molar refractivity (Wildman–Crippen MR) is 79.7 cm³/mol. The lowest BCUT2D eigenvalue weighted by Gasteiger charge is -2.34. The van der Waals surface area contributed by atoms with Crippen molar-refractivity contribution >= 4 is 6.09 Å². The second kappa shape index (κ2) is 7.84. The highest BCUT2D eigenvalue weighted by Crippen LogP contribution is 2.23. The van der Waals surface area contributed by atoms with Crippen molar-refractivity contribution in [2.75, 3.05) is 26.7 Å². The topological polar surface area (TPSA) is 61.8 Å². The normalized spacial score (nSPS) is 21.6. The van der Waals surface area contributed by atoms with E-state index in [4.69, 9.17) is 4.74 Å². The maximum Gasteiger partial charge on any atom is 0.410 e. The molecule has 1 fully saturated rings. The van der Waals surface area contributed by atoms with Gasteiger partial charge in [-0.2, -0.15) is 0 Å². The molecule has 118 valence electrons. The molecular weight excluding hydrogens is 256 g/mol. The molecule has 5 nitrogen and oxygen atoms in total. The molecule has 0 saturated carbocycles. The maximum absolute atomic E-state index is 12.0. The molecule has 0 radical (unpaired) electrons. The minimum Gasteiger partial charge on any atom is -0.444 e. The smallest absolute Gasteiger partial charge is 0.410 e. The fourth-order valence-corrected chi connectivity index (χ4v) is 2.56. The van der Waals surface area contributed by atoms with Crippen molar-refractivity contribution < 1.29 is 14.6 Å². The molecule has 0 aromatic rings. The first-order valence-electron chi connectivity index (χ1n) is 7.62. The Morgan fingerprint density at radius 1 is 1.50 bits per heavy atom. The van der Waals surface area contributed by atoms with E-state index in [2.05, 4.69) is 5.32 Å². The van der Waals surface area contributed by atoms with Crippen molar-refractivity contribution in [3.8, 4) is 0 Å². The van der Waals surface area contributed by atoms with E-state index in [-0.39, 0.29) is 12.2 Å². The molecule has 1 amide bonds. The molecular formula is C15H30N2O3. The Morgan fingerprint density at radius 2 is 2.20 bits per heavy atom. The first-order valence-corrected chi connectivity index (χ1v) is 7.62. The fraction of sp³-hybridized carbons (Fsp3) is 0.933. The van der Waals surface area contributed by atoms with Gasteiger partial charge in [-0.3, -0.25) is 0 Å². The van der Waals surface area contributed by atoms with Crippen molar-refractivity contribution in [1.82, 2.24) is 10.2 Å². The van der Waals surface area contributed by atoms with Crippen LogP contribution < -0.4 is 5.32 Å². The highest BCUT2D eigenvalue weighted by molar-refractivity contribution is 5.68. The molecule has 0 spiro atoms. The van der Waals surface area contributed by atoms with Gasteiger partial charge in [0.2, 0.25) is 0 Å². The molecule has 5 heteroatoms. The van der Waals surface area contributed by atoms with Crippen LogP contribution in [0, 0.1) is 5.92 Å². The lowest BCUT2D eigenvalue weighted by molar-refractivity contribution is 0.0154. The standard InChI is InChI=1S/C15H30N2O3/c1-15(2,3)20-14(19)17-9-5-6-12(11-17)7-8-13(18)10-16-4/h12-13,16,18H,5-11H2,1-4H3. The number of amides is 1. The Kier molecular flexibility index (Phi) is 6.76. The van der Waals surface area contributed by atoms with Crippen LogP contribution in [0.1, 0.15) is 46.5 Å². The summed E-state index contributed by atoms with van der Waals surface area (Å²) in [6.07, 6.45) is 3.39. The summed E-state index contributed by atoms with van der Waals surface area (Å²) in [5, 5.41) is 12.7. The quantitative estimate of drug-likeness (QED) is 0.811. The van der Waals surface area contributed by atoms with Crippen molar-refractivity contribution in [3.63, 3.8) is 0 Å². The van der Waals surface area contributed by atoms with Gasteiger partial charge in [0.25, 0.3) is 0 Å². The number of piperidine rings is 1. The van der Waals surface area contributed by atoms with E-state index in [0.717, 1.165) is 38.8 Å². The third-order valence-electron chi connectivity index (χ3n) is 3.52. The number of rotatable bonds is 5. The first kappa shape index (κ1) is 17.2. The molecule has 0 aromatic heterocycles. The van der Waals surface area contributed by atoms with E-state index in [1.807, 2.05) is 32.7 Å². The van der Waals surface area contributed by atoms with Gasteiger partial charge in [-0.25, -0.2) is 4.79 Å². The minimum atomic E-state index is -0.437. The van der Waals surface area contributed by atoms with Gasteiger partial charge in [0, 0.05) is 19.6 Å². The van der Waals surface area contributed by atoms with E-state index < -0.39 is 5.60 Å². The zero-order valence-corrected chi connectivity index (χ0v) is 13.3. The number of hydrogen-bond acceptors (Lipinski definition) is 4. The third kappa shape index (κ3) is 6.57. The van der Waals surface area contributed by atoms with Gasteiger partial charge in [0.1, 0.15) is 5.60 Å². The molecule has 1 aliphatic heterocycles. The summed E-state index contributed by atoms with van der Waals surface area (Å²) in [7, 11) is 1.84. The molecule has 2 atom stereocenters. The number of likely N-dealkylation sites (N-methyl/N-ethyl adjacent to an activating group) is 1. The van der Waals surface area contributed by atoms with E-state index in [0.29, 0.717) is 12.5 Å². The number of aliphatic hydroxyl groups is 1. The minimum absolute atomic E-state index is 0.210. The molecule has 0 aromatic carbocycles. The number of nitrogens with one attached hydrogen (secondary N) is 1. The average Bonchev–Trinajstić information content (AvgIpc) is 2.35. The van der Waals surface area contributed by atoms with Crippen molar-refractivity contribution in [3.05, 3.63) is 0 Å². The summed E-state index contributed by atoms with van der Waals surface area (Å²) >= 11 is 0. The molecule has 1 rings (SSSR count). The van der Waals surface area contributed by atoms with Crippen LogP contribution in [0.4, 0.5) is 4.79 Å². The van der Waals surface area contributed by atoms with Crippen molar-refractivity contribution in [2.45, 2.75) is 58.2 Å². The van der Waals surface area contributed by atoms with Crippen LogP contribution in [-0.4, -0.2) is 54.5 Å².